The lowest BCUT2D eigenvalue weighted by molar-refractivity contribution is 0.749. The summed E-state index contributed by atoms with van der Waals surface area (Å²) in [6.45, 7) is 3.12. The molecule has 82 valence electrons. The van der Waals surface area contributed by atoms with Crippen molar-refractivity contribution in [3.63, 3.8) is 0 Å². The third-order valence-corrected chi connectivity index (χ3v) is 2.74. The van der Waals surface area contributed by atoms with Gasteiger partial charge in [-0.3, -0.25) is 0 Å². The molecule has 0 bridgehead atoms. The third kappa shape index (κ3) is 2.31. The second kappa shape index (κ2) is 4.23. The van der Waals surface area contributed by atoms with Crippen molar-refractivity contribution in [1.29, 1.82) is 0 Å². The van der Waals surface area contributed by atoms with Crippen LogP contribution in [0.4, 0.5) is 11.8 Å². The molecule has 0 atom stereocenters. The second-order valence-corrected chi connectivity index (χ2v) is 4.23. The highest BCUT2D eigenvalue weighted by Crippen LogP contribution is 2.34. The monoisotopic (exact) mass is 226 g/mol. The van der Waals surface area contributed by atoms with E-state index in [2.05, 4.69) is 21.8 Å². The Hall–Kier alpha value is -1.03. The van der Waals surface area contributed by atoms with E-state index in [1.165, 1.54) is 12.8 Å². The van der Waals surface area contributed by atoms with E-state index in [1.54, 1.807) is 6.20 Å². The van der Waals surface area contributed by atoms with Crippen molar-refractivity contribution in [2.75, 3.05) is 17.2 Å². The van der Waals surface area contributed by atoms with Crippen molar-refractivity contribution < 1.29 is 0 Å². The van der Waals surface area contributed by atoms with Gasteiger partial charge >= 0.3 is 0 Å². The van der Waals surface area contributed by atoms with Crippen molar-refractivity contribution in [2.24, 2.45) is 0 Å². The molecule has 1 aromatic heterocycles. The Bertz CT molecular complexity index is 351. The van der Waals surface area contributed by atoms with E-state index >= 15 is 0 Å². The minimum absolute atomic E-state index is 0.288. The van der Waals surface area contributed by atoms with Crippen LogP contribution in [0, 0.1) is 0 Å². The van der Waals surface area contributed by atoms with Crippen LogP contribution < -0.4 is 10.6 Å². The van der Waals surface area contributed by atoms with E-state index in [-0.39, 0.29) is 5.95 Å². The van der Waals surface area contributed by atoms with Crippen molar-refractivity contribution in [2.45, 2.75) is 32.2 Å². The maximum atomic E-state index is 6.08. The molecule has 1 aliphatic rings. The van der Waals surface area contributed by atoms with Gasteiger partial charge in [-0.25, -0.2) is 4.98 Å². The SMILES string of the molecule is CCCN(c1nc(N)ncc1Cl)C1CC1. The van der Waals surface area contributed by atoms with Gasteiger partial charge in [-0.1, -0.05) is 18.5 Å². The Kier molecular flexibility index (Phi) is 2.95. The van der Waals surface area contributed by atoms with Gasteiger partial charge in [0.15, 0.2) is 5.82 Å². The normalized spacial score (nSPS) is 15.3. The summed E-state index contributed by atoms with van der Waals surface area (Å²) in [5.74, 6) is 1.07. The zero-order valence-electron chi connectivity index (χ0n) is 8.78. The zero-order chi connectivity index (χ0) is 10.8. The fraction of sp³-hybridized carbons (Fsp3) is 0.600. The zero-order valence-corrected chi connectivity index (χ0v) is 9.54. The molecule has 0 amide bonds. The van der Waals surface area contributed by atoms with Gasteiger partial charge in [0.1, 0.15) is 5.02 Å². The van der Waals surface area contributed by atoms with Crippen LogP contribution in [0.15, 0.2) is 6.20 Å². The minimum Gasteiger partial charge on any atom is -0.368 e. The molecule has 2 rings (SSSR count). The fourth-order valence-corrected chi connectivity index (χ4v) is 1.86. The summed E-state index contributed by atoms with van der Waals surface area (Å²) >= 11 is 6.08. The molecular formula is C10H15ClN4. The van der Waals surface area contributed by atoms with E-state index in [0.29, 0.717) is 11.1 Å². The lowest BCUT2D eigenvalue weighted by Gasteiger charge is -2.23. The Morgan fingerprint density at radius 1 is 1.60 bits per heavy atom. The van der Waals surface area contributed by atoms with E-state index in [0.717, 1.165) is 18.8 Å². The van der Waals surface area contributed by atoms with Gasteiger partial charge < -0.3 is 10.6 Å². The highest BCUT2D eigenvalue weighted by molar-refractivity contribution is 6.32. The summed E-state index contributed by atoms with van der Waals surface area (Å²) in [5.41, 5.74) is 5.57. The topological polar surface area (TPSA) is 55.0 Å². The first-order valence-corrected chi connectivity index (χ1v) is 5.64. The molecule has 5 heteroatoms. The Morgan fingerprint density at radius 2 is 2.33 bits per heavy atom. The Labute approximate surface area is 94.5 Å². The van der Waals surface area contributed by atoms with Gasteiger partial charge in [0, 0.05) is 12.6 Å². The van der Waals surface area contributed by atoms with Crippen LogP contribution in [0.2, 0.25) is 5.02 Å². The minimum atomic E-state index is 0.288. The summed E-state index contributed by atoms with van der Waals surface area (Å²) in [7, 11) is 0. The molecule has 1 aliphatic carbocycles. The molecule has 0 unspecified atom stereocenters. The highest BCUT2D eigenvalue weighted by atomic mass is 35.5. The summed E-state index contributed by atoms with van der Waals surface area (Å²) in [6.07, 6.45) is 5.10. The first kappa shape index (κ1) is 10.5. The number of anilines is 2. The van der Waals surface area contributed by atoms with Crippen LogP contribution >= 0.6 is 11.6 Å². The number of nitrogen functional groups attached to an aromatic ring is 1. The fourth-order valence-electron chi connectivity index (χ4n) is 1.66. The predicted octanol–water partition coefficient (Wildman–Crippen LogP) is 2.09. The van der Waals surface area contributed by atoms with Gasteiger partial charge in [-0.05, 0) is 19.3 Å². The summed E-state index contributed by atoms with van der Waals surface area (Å²) < 4.78 is 0. The van der Waals surface area contributed by atoms with Gasteiger partial charge in [0.25, 0.3) is 0 Å². The number of rotatable bonds is 4. The smallest absolute Gasteiger partial charge is 0.222 e. The lowest BCUT2D eigenvalue weighted by atomic mass is 10.3. The number of hydrogen-bond donors (Lipinski definition) is 1. The maximum Gasteiger partial charge on any atom is 0.222 e. The molecular weight excluding hydrogens is 212 g/mol. The van der Waals surface area contributed by atoms with E-state index in [4.69, 9.17) is 17.3 Å². The average Bonchev–Trinajstić information content (AvgIpc) is 3.02. The summed E-state index contributed by atoms with van der Waals surface area (Å²) in [4.78, 5) is 10.3. The van der Waals surface area contributed by atoms with Crippen LogP contribution in [0.1, 0.15) is 26.2 Å². The predicted molar refractivity (Wildman–Crippen MR) is 62.1 cm³/mol. The number of halogens is 1. The van der Waals surface area contributed by atoms with Crippen LogP contribution in [-0.2, 0) is 0 Å². The number of nitrogens with zero attached hydrogens (tertiary/aromatic N) is 3. The molecule has 0 aromatic carbocycles. The number of nitrogens with two attached hydrogens (primary N) is 1. The van der Waals surface area contributed by atoms with Crippen molar-refractivity contribution in [3.05, 3.63) is 11.2 Å². The first-order chi connectivity index (χ1) is 7.22. The van der Waals surface area contributed by atoms with Crippen LogP contribution in [0.3, 0.4) is 0 Å². The van der Waals surface area contributed by atoms with Gasteiger partial charge in [-0.15, -0.1) is 0 Å². The van der Waals surface area contributed by atoms with Crippen LogP contribution in [-0.4, -0.2) is 22.6 Å². The van der Waals surface area contributed by atoms with Crippen molar-refractivity contribution in [1.82, 2.24) is 9.97 Å². The molecule has 4 nitrogen and oxygen atoms in total. The van der Waals surface area contributed by atoms with Crippen LogP contribution in [0.25, 0.3) is 0 Å². The first-order valence-electron chi connectivity index (χ1n) is 5.27. The van der Waals surface area contributed by atoms with E-state index in [1.807, 2.05) is 0 Å². The molecule has 2 N–H and O–H groups in total. The Balaban J connectivity index is 2.27. The molecule has 0 saturated heterocycles. The number of hydrogen-bond acceptors (Lipinski definition) is 4. The van der Waals surface area contributed by atoms with E-state index < -0.39 is 0 Å². The van der Waals surface area contributed by atoms with Crippen molar-refractivity contribution >= 4 is 23.4 Å². The maximum absolute atomic E-state index is 6.08. The van der Waals surface area contributed by atoms with Gasteiger partial charge in [0.05, 0.1) is 6.20 Å². The molecule has 0 radical (unpaired) electrons. The second-order valence-electron chi connectivity index (χ2n) is 3.82. The van der Waals surface area contributed by atoms with E-state index in [9.17, 15) is 0 Å². The van der Waals surface area contributed by atoms with Gasteiger partial charge in [-0.2, -0.15) is 4.98 Å². The summed E-state index contributed by atoms with van der Waals surface area (Å²) in [6, 6.07) is 0.594. The highest BCUT2D eigenvalue weighted by Gasteiger charge is 2.30. The molecule has 1 saturated carbocycles. The molecule has 0 spiro atoms. The standard InChI is InChI=1S/C10H15ClN4/c1-2-5-15(7-3-4-7)9-8(11)6-13-10(12)14-9/h6-7H,2-5H2,1H3,(H2,12,13,14). The van der Waals surface area contributed by atoms with Gasteiger partial charge in [0.2, 0.25) is 5.95 Å². The number of aromatic nitrogens is 2. The Morgan fingerprint density at radius 3 is 2.93 bits per heavy atom. The third-order valence-electron chi connectivity index (χ3n) is 2.47. The quantitative estimate of drug-likeness (QED) is 0.854. The van der Waals surface area contributed by atoms with Crippen molar-refractivity contribution in [3.8, 4) is 0 Å². The average molecular weight is 227 g/mol. The summed E-state index contributed by atoms with van der Waals surface area (Å²) in [5, 5.41) is 0.588. The molecule has 1 fully saturated rings. The molecule has 1 heterocycles. The largest absolute Gasteiger partial charge is 0.368 e. The van der Waals surface area contributed by atoms with Crippen LogP contribution in [0.5, 0.6) is 0 Å². The molecule has 1 aromatic rings. The molecule has 0 aliphatic heterocycles. The molecule has 15 heavy (non-hydrogen) atoms. The lowest BCUT2D eigenvalue weighted by Crippen LogP contribution is -2.28.